The number of unbranched alkanes of at least 4 members (excludes halogenated alkanes) is 1. The summed E-state index contributed by atoms with van der Waals surface area (Å²) in [6.45, 7) is 11.2. The number of hydrogen-bond acceptors (Lipinski definition) is 7. The predicted molar refractivity (Wildman–Crippen MR) is 254 cm³/mol. The minimum Gasteiger partial charge on any atom is -0.497 e. The Morgan fingerprint density at radius 3 is 2.26 bits per heavy atom. The number of carbonyl (C=O) groups is 3. The number of allylic oxidation sites excluding steroid dienone is 1. The van der Waals surface area contributed by atoms with E-state index in [-0.39, 0.29) is 81.8 Å². The van der Waals surface area contributed by atoms with Crippen LogP contribution in [0.25, 0.3) is 0 Å². The van der Waals surface area contributed by atoms with Crippen molar-refractivity contribution in [3.05, 3.63) is 121 Å². The molecule has 1 N–H and O–H groups in total. The van der Waals surface area contributed by atoms with E-state index in [0.29, 0.717) is 17.1 Å². The molecular weight excluding hydrogens is 1040 g/mol. The van der Waals surface area contributed by atoms with Crippen molar-refractivity contribution in [2.24, 2.45) is 40.4 Å². The van der Waals surface area contributed by atoms with Crippen LogP contribution >= 0.6 is 0 Å². The molecule has 3 aromatic rings. The number of ketones is 1. The van der Waals surface area contributed by atoms with E-state index in [0.717, 1.165) is 66.0 Å². The number of methoxy groups -OCH3 is 1. The van der Waals surface area contributed by atoms with Crippen LogP contribution in [0.1, 0.15) is 141 Å². The zero-order valence-electron chi connectivity index (χ0n) is 40.3. The summed E-state index contributed by atoms with van der Waals surface area (Å²) in [7, 11) is 1.63. The van der Waals surface area contributed by atoms with Gasteiger partial charge in [0.2, 0.25) is 0 Å². The topological polar surface area (TPSA) is 100 Å². The zero-order chi connectivity index (χ0) is 44.6. The first kappa shape index (κ1) is 52.6. The number of hydrogen-bond donors (Lipinski definition) is 1. The second-order valence-corrected chi connectivity index (χ2v) is 20.1. The fraction of sp³-hybridized carbons (Fsp3) is 0.571. The fourth-order valence-corrected chi connectivity index (χ4v) is 12.4. The van der Waals surface area contributed by atoms with Crippen LogP contribution in [0.4, 0.5) is 4.79 Å². The molecule has 1 amide bonds. The van der Waals surface area contributed by atoms with Crippen molar-refractivity contribution in [3.8, 4) is 5.75 Å². The van der Waals surface area contributed by atoms with Gasteiger partial charge < -0.3 is 36.5 Å². The smallest absolute Gasteiger partial charge is 0.497 e. The van der Waals surface area contributed by atoms with Crippen molar-refractivity contribution in [1.82, 2.24) is 5.32 Å². The fourth-order valence-electron chi connectivity index (χ4n) is 12.4. The summed E-state index contributed by atoms with van der Waals surface area (Å²) in [5.41, 5.74) is 3.52. The molecule has 3 saturated carbocycles. The standard InChI is InChI=1S/C55H72NO7.CH3.U/c1-38(2)15-13-14-16-40-25-29-49-48-28-24-44-35-46(31-33-54(44,5)50(48)32-34-53(40,49)4)63-52(59)56-36-47(62-51(58)30-21-39(3)57)37-61-55(41-17-9-7-10-18-41,42-19-11-8-12-20-42)43-22-26-45(60-6)27-23-43;;/h7,9-12,17-20,22-24,26-27,38,40,46-50H,13-16,21,25,28-37H2,1-6H3,(H,56,59);1H3;/q2*-1;+2/t40-,46-,47?,48?,49?,50?,53+,54-,55?;;/m0../s1. The van der Waals surface area contributed by atoms with E-state index < -0.39 is 23.8 Å². The predicted octanol–water partition coefficient (Wildman–Crippen LogP) is 12.4. The minimum atomic E-state index is -1.13. The Morgan fingerprint density at radius 2 is 1.57 bits per heavy atom. The van der Waals surface area contributed by atoms with E-state index in [1.807, 2.05) is 78.9 Å². The first-order valence-electron chi connectivity index (χ1n) is 24.0. The third-order valence-electron chi connectivity index (χ3n) is 15.9. The first-order chi connectivity index (χ1) is 30.4. The van der Waals surface area contributed by atoms with Crippen LogP contribution in [0.2, 0.25) is 0 Å². The number of ether oxygens (including phenoxy) is 4. The normalized spacial score (nSPS) is 26.9. The number of benzene rings is 3. The molecule has 5 unspecified atom stereocenters. The molecule has 3 aromatic carbocycles. The molecule has 0 saturated heterocycles. The Hall–Kier alpha value is -3.38. The molecular formula is C56H75NO7U. The van der Waals surface area contributed by atoms with Gasteiger partial charge in [0.1, 0.15) is 29.3 Å². The number of amides is 1. The molecule has 0 bridgehead atoms. The van der Waals surface area contributed by atoms with Crippen molar-refractivity contribution >= 4 is 17.8 Å². The largest absolute Gasteiger partial charge is 2.00 e. The van der Waals surface area contributed by atoms with Crippen molar-refractivity contribution in [2.75, 3.05) is 20.3 Å². The van der Waals surface area contributed by atoms with Gasteiger partial charge in [-0.25, -0.2) is 4.79 Å². The Kier molecular flexibility index (Phi) is 19.1. The summed E-state index contributed by atoms with van der Waals surface area (Å²) in [4.78, 5) is 38.6. The maximum absolute atomic E-state index is 13.6. The average Bonchev–Trinajstić information content (AvgIpc) is 3.63. The van der Waals surface area contributed by atoms with E-state index >= 15 is 0 Å². The first-order valence-corrected chi connectivity index (χ1v) is 24.0. The summed E-state index contributed by atoms with van der Waals surface area (Å²) >= 11 is 0. The Bertz CT molecular complexity index is 1980. The van der Waals surface area contributed by atoms with Gasteiger partial charge in [-0.2, -0.15) is 30.3 Å². The number of Topliss-reactive ketones (excluding diaryl/α,β-unsaturated/α-hetero) is 1. The molecule has 4 aliphatic carbocycles. The molecule has 9 heteroatoms. The van der Waals surface area contributed by atoms with Gasteiger partial charge in [-0.05, 0) is 122 Å². The summed E-state index contributed by atoms with van der Waals surface area (Å²) in [6, 6.07) is 28.3. The van der Waals surface area contributed by atoms with Crippen LogP contribution in [0.5, 0.6) is 5.75 Å². The van der Waals surface area contributed by atoms with Crippen molar-refractivity contribution in [2.45, 2.75) is 142 Å². The van der Waals surface area contributed by atoms with E-state index in [4.69, 9.17) is 18.9 Å². The van der Waals surface area contributed by atoms with E-state index in [2.05, 4.69) is 45.2 Å². The van der Waals surface area contributed by atoms with Crippen molar-refractivity contribution < 1.29 is 64.4 Å². The summed E-state index contributed by atoms with van der Waals surface area (Å²) in [6.07, 6.45) is 15.6. The van der Waals surface area contributed by atoms with Gasteiger partial charge in [-0.3, -0.25) is 4.79 Å². The minimum absolute atomic E-state index is 0. The second kappa shape index (κ2) is 23.6. The van der Waals surface area contributed by atoms with Gasteiger partial charge in [-0.1, -0.05) is 101 Å². The average molecular weight is 1110 g/mol. The zero-order valence-corrected chi connectivity index (χ0v) is 44.5. The Balaban J connectivity index is 0.00000397. The van der Waals surface area contributed by atoms with Gasteiger partial charge in [0.15, 0.2) is 0 Å². The number of fused-ring (bicyclic) bond motifs is 5. The van der Waals surface area contributed by atoms with Crippen LogP contribution < -0.4 is 10.1 Å². The van der Waals surface area contributed by atoms with Crippen LogP contribution in [-0.4, -0.2) is 50.3 Å². The van der Waals surface area contributed by atoms with Gasteiger partial charge in [0.25, 0.3) is 0 Å². The monoisotopic (exact) mass is 1110 g/mol. The van der Waals surface area contributed by atoms with Crippen molar-refractivity contribution in [3.63, 3.8) is 0 Å². The SMILES string of the molecule is COc1ccc(C(OCC(CNC(=O)O[C@H]2CC[C@@]3(C)C(=CCC4C3CC[C@@]3(C)C4CC[C@@H]3CCCCC(C)C)C2)OC(=O)CCC(C)=O)(c2cc[c-]cc2)c2ccccc2)cc1.[CH3-].[U+2]. The third-order valence-corrected chi connectivity index (χ3v) is 15.9. The number of nitrogens with one attached hydrogen (secondary N) is 1. The molecule has 3 fully saturated rings. The number of alkyl carbamates (subject to hydrolysis) is 1. The number of carbonyl (C=O) groups excluding carboxylic acids is 3. The van der Waals surface area contributed by atoms with E-state index in [1.165, 1.54) is 63.9 Å². The maximum atomic E-state index is 13.6. The van der Waals surface area contributed by atoms with Gasteiger partial charge in [-0.15, -0.1) is 5.56 Å². The molecule has 0 aromatic heterocycles. The number of esters is 1. The van der Waals surface area contributed by atoms with Crippen LogP contribution in [0.3, 0.4) is 0 Å². The molecule has 0 radical (unpaired) electrons. The van der Waals surface area contributed by atoms with E-state index in [9.17, 15) is 14.4 Å². The molecule has 7 rings (SSSR count). The van der Waals surface area contributed by atoms with Crippen LogP contribution in [0, 0.1) is 85.0 Å². The molecule has 9 atom stereocenters. The molecule has 65 heavy (non-hydrogen) atoms. The van der Waals surface area contributed by atoms with E-state index in [1.54, 1.807) is 7.11 Å². The molecule has 0 heterocycles. The quantitative estimate of drug-likeness (QED) is 0.0420. The molecule has 0 spiro atoms. The maximum Gasteiger partial charge on any atom is 2.00 e. The summed E-state index contributed by atoms with van der Waals surface area (Å²) in [5, 5.41) is 2.93. The molecule has 350 valence electrons. The summed E-state index contributed by atoms with van der Waals surface area (Å²) in [5.74, 6) is 3.99. The van der Waals surface area contributed by atoms with Gasteiger partial charge >= 0.3 is 43.2 Å². The van der Waals surface area contributed by atoms with Crippen molar-refractivity contribution in [1.29, 1.82) is 0 Å². The second-order valence-electron chi connectivity index (χ2n) is 20.1. The van der Waals surface area contributed by atoms with Gasteiger partial charge in [0, 0.05) is 12.8 Å². The number of rotatable bonds is 19. The summed E-state index contributed by atoms with van der Waals surface area (Å²) < 4.78 is 24.6. The Morgan fingerprint density at radius 1 is 0.862 bits per heavy atom. The van der Waals surface area contributed by atoms with Crippen LogP contribution in [-0.2, 0) is 29.4 Å². The third kappa shape index (κ3) is 12.0. The van der Waals surface area contributed by atoms with Gasteiger partial charge in [0.05, 0.1) is 26.7 Å². The molecule has 8 nitrogen and oxygen atoms in total. The molecule has 0 aliphatic heterocycles. The van der Waals surface area contributed by atoms with Crippen LogP contribution in [0.15, 0.2) is 90.5 Å². The Labute approximate surface area is 414 Å². The molecule has 4 aliphatic rings.